The number of rotatable bonds is 28. The summed E-state index contributed by atoms with van der Waals surface area (Å²) in [7, 11) is 1.64. The Bertz CT molecular complexity index is 757. The molecule has 41 heavy (non-hydrogen) atoms. The molecule has 4 N–H and O–H groups in total. The van der Waals surface area contributed by atoms with Gasteiger partial charge < -0.3 is 53.1 Å². The van der Waals surface area contributed by atoms with Gasteiger partial charge in [0.05, 0.1) is 112 Å². The second-order valence-electron chi connectivity index (χ2n) is 8.15. The zero-order valence-electron chi connectivity index (χ0n) is 24.1. The molecule has 14 heteroatoms. The van der Waals surface area contributed by atoms with Gasteiger partial charge in [-0.2, -0.15) is 0 Å². The average Bonchev–Trinajstić information content (AvgIpc) is 2.97. The zero-order valence-corrected chi connectivity index (χ0v) is 24.1. The minimum atomic E-state index is -0.723. The lowest BCUT2D eigenvalue weighted by Gasteiger charge is -2.09. The molecule has 0 fully saturated rings. The minimum Gasteiger partial charge on any atom is -0.447 e. The van der Waals surface area contributed by atoms with Gasteiger partial charge in [0.25, 0.3) is 0 Å². The van der Waals surface area contributed by atoms with Crippen LogP contribution in [0.2, 0.25) is 0 Å². The Morgan fingerprint density at radius 3 is 1.24 bits per heavy atom. The molecule has 0 radical (unpaired) electrons. The average molecular weight is 590 g/mol. The van der Waals surface area contributed by atoms with Crippen LogP contribution in [-0.4, -0.2) is 138 Å². The molecule has 14 nitrogen and oxygen atoms in total. The molecular weight excluding hydrogens is 542 g/mol. The first-order chi connectivity index (χ1) is 20.1. The zero-order chi connectivity index (χ0) is 29.6. The summed E-state index contributed by atoms with van der Waals surface area (Å²) in [4.78, 5) is 11.7. The number of methoxy groups -OCH3 is 1. The molecule has 1 rings (SSSR count). The molecule has 1 aromatic carbocycles. The second-order valence-corrected chi connectivity index (χ2v) is 8.15. The standard InChI is InChI=1S/C27H47N3O11/c1-32-6-7-33-8-9-34-10-11-35-12-13-36-14-15-37-16-17-38-18-19-39-20-21-40-22-23-41-27(31)30-26(29)24-2-4-25(28)5-3-24/h2-5H,6-23,28H2,1H3,(H2,29,30,31). The van der Waals surface area contributed by atoms with Crippen molar-refractivity contribution in [2.24, 2.45) is 0 Å². The molecule has 236 valence electrons. The van der Waals surface area contributed by atoms with Gasteiger partial charge in [-0.1, -0.05) is 0 Å². The number of hydrogen-bond acceptors (Lipinski definition) is 13. The van der Waals surface area contributed by atoms with Crippen molar-refractivity contribution in [2.45, 2.75) is 0 Å². The van der Waals surface area contributed by atoms with Crippen molar-refractivity contribution >= 4 is 17.6 Å². The molecule has 0 saturated heterocycles. The van der Waals surface area contributed by atoms with Gasteiger partial charge in [0.2, 0.25) is 0 Å². The van der Waals surface area contributed by atoms with Gasteiger partial charge in [-0.15, -0.1) is 0 Å². The number of carbonyl (C=O) groups excluding carboxylic acids is 1. The van der Waals surface area contributed by atoms with Crippen LogP contribution in [0.1, 0.15) is 5.56 Å². The first kappa shape index (κ1) is 36.6. The predicted octanol–water partition coefficient (Wildman–Crippen LogP) is 1.10. The van der Waals surface area contributed by atoms with Crippen LogP contribution in [0.25, 0.3) is 0 Å². The van der Waals surface area contributed by atoms with E-state index < -0.39 is 6.09 Å². The number of amides is 1. The van der Waals surface area contributed by atoms with E-state index in [0.717, 1.165) is 0 Å². The number of nitrogen functional groups attached to an aromatic ring is 1. The Hall–Kier alpha value is -2.40. The smallest absolute Gasteiger partial charge is 0.412 e. The maximum absolute atomic E-state index is 11.7. The van der Waals surface area contributed by atoms with E-state index in [1.807, 2.05) is 0 Å². The fourth-order valence-electron chi connectivity index (χ4n) is 2.84. The molecule has 0 aliphatic rings. The van der Waals surface area contributed by atoms with Gasteiger partial charge in [0, 0.05) is 18.4 Å². The lowest BCUT2D eigenvalue weighted by molar-refractivity contribution is -0.0250. The van der Waals surface area contributed by atoms with Crippen molar-refractivity contribution in [2.75, 3.05) is 132 Å². The summed E-state index contributed by atoms with van der Waals surface area (Å²) in [6.07, 6.45) is -0.723. The van der Waals surface area contributed by atoms with Crippen molar-refractivity contribution in [1.82, 2.24) is 5.32 Å². The van der Waals surface area contributed by atoms with Gasteiger partial charge in [0.15, 0.2) is 0 Å². The molecule has 1 amide bonds. The van der Waals surface area contributed by atoms with Crippen molar-refractivity contribution in [1.29, 1.82) is 5.41 Å². The number of nitrogens with two attached hydrogens (primary N) is 1. The predicted molar refractivity (Wildman–Crippen MR) is 151 cm³/mol. The third-order valence-electron chi connectivity index (χ3n) is 4.92. The molecule has 0 aliphatic carbocycles. The van der Waals surface area contributed by atoms with Crippen molar-refractivity contribution in [3.05, 3.63) is 29.8 Å². The largest absolute Gasteiger partial charge is 0.447 e. The third-order valence-corrected chi connectivity index (χ3v) is 4.92. The topological polar surface area (TPSA) is 171 Å². The number of carbonyl (C=O) groups is 1. The number of benzene rings is 1. The number of anilines is 1. The lowest BCUT2D eigenvalue weighted by Crippen LogP contribution is -2.31. The van der Waals surface area contributed by atoms with Crippen LogP contribution in [-0.2, 0) is 47.4 Å². The van der Waals surface area contributed by atoms with Gasteiger partial charge >= 0.3 is 6.09 Å². The van der Waals surface area contributed by atoms with Crippen molar-refractivity contribution < 1.29 is 52.2 Å². The summed E-state index contributed by atoms with van der Waals surface area (Å²) >= 11 is 0. The highest BCUT2D eigenvalue weighted by atomic mass is 16.6. The molecule has 0 aromatic heterocycles. The highest BCUT2D eigenvalue weighted by Crippen LogP contribution is 2.05. The molecule has 0 aliphatic heterocycles. The van der Waals surface area contributed by atoms with Crippen molar-refractivity contribution in [3.63, 3.8) is 0 Å². The van der Waals surface area contributed by atoms with E-state index >= 15 is 0 Å². The highest BCUT2D eigenvalue weighted by Gasteiger charge is 2.07. The number of amidine groups is 1. The van der Waals surface area contributed by atoms with Gasteiger partial charge in [-0.3, -0.25) is 10.7 Å². The normalized spacial score (nSPS) is 11.0. The van der Waals surface area contributed by atoms with E-state index in [4.69, 9.17) is 58.5 Å². The summed E-state index contributed by atoms with van der Waals surface area (Å²) in [6, 6.07) is 6.58. The van der Waals surface area contributed by atoms with Crippen LogP contribution >= 0.6 is 0 Å². The molecule has 0 unspecified atom stereocenters. The summed E-state index contributed by atoms with van der Waals surface area (Å²) in [5, 5.41) is 10.2. The number of alkyl carbamates (subject to hydrolysis) is 1. The Morgan fingerprint density at radius 1 is 0.585 bits per heavy atom. The van der Waals surface area contributed by atoms with Gasteiger partial charge in [-0.05, 0) is 24.3 Å². The number of nitrogens with one attached hydrogen (secondary N) is 2. The molecule has 0 saturated carbocycles. The minimum absolute atomic E-state index is 0.0608. The lowest BCUT2D eigenvalue weighted by atomic mass is 10.2. The van der Waals surface area contributed by atoms with E-state index in [-0.39, 0.29) is 19.0 Å². The maximum atomic E-state index is 11.7. The first-order valence-corrected chi connectivity index (χ1v) is 13.6. The third kappa shape index (κ3) is 24.0. The van der Waals surface area contributed by atoms with Crippen LogP contribution in [0.3, 0.4) is 0 Å². The SMILES string of the molecule is COCCOCCOCCOCCOCCOCCOCCOCCOCCOC(=O)NC(=N)c1ccc(N)cc1. The monoisotopic (exact) mass is 589 g/mol. The molecule has 0 bridgehead atoms. The van der Waals surface area contributed by atoms with E-state index in [2.05, 4.69) is 5.32 Å². The Morgan fingerprint density at radius 2 is 0.902 bits per heavy atom. The number of ether oxygens (including phenoxy) is 10. The van der Waals surface area contributed by atoms with Gasteiger partial charge in [-0.25, -0.2) is 4.79 Å². The van der Waals surface area contributed by atoms with Crippen LogP contribution in [0.15, 0.2) is 24.3 Å². The summed E-state index contributed by atoms with van der Waals surface area (Å²) < 4.78 is 53.0. The van der Waals surface area contributed by atoms with Crippen LogP contribution in [0, 0.1) is 5.41 Å². The first-order valence-electron chi connectivity index (χ1n) is 13.6. The summed E-state index contributed by atoms with van der Waals surface area (Å²) in [6.45, 7) is 8.13. The van der Waals surface area contributed by atoms with E-state index in [9.17, 15) is 4.79 Å². The summed E-state index contributed by atoms with van der Waals surface area (Å²) in [5.41, 5.74) is 6.71. The van der Waals surface area contributed by atoms with E-state index in [1.165, 1.54) is 0 Å². The van der Waals surface area contributed by atoms with E-state index in [1.54, 1.807) is 31.4 Å². The molecule has 0 atom stereocenters. The Labute approximate surface area is 242 Å². The molecule has 0 spiro atoms. The highest BCUT2D eigenvalue weighted by molar-refractivity contribution is 6.04. The van der Waals surface area contributed by atoms with Crippen molar-refractivity contribution in [3.8, 4) is 0 Å². The Balaban J connectivity index is 1.72. The second kappa shape index (κ2) is 27.8. The van der Waals surface area contributed by atoms with Crippen LogP contribution < -0.4 is 11.1 Å². The van der Waals surface area contributed by atoms with Crippen LogP contribution in [0.4, 0.5) is 10.5 Å². The van der Waals surface area contributed by atoms with E-state index in [0.29, 0.717) is 117 Å². The molecular formula is C27H47N3O11. The van der Waals surface area contributed by atoms with Gasteiger partial charge in [0.1, 0.15) is 12.4 Å². The summed E-state index contributed by atoms with van der Waals surface area (Å²) in [5.74, 6) is -0.0702. The fraction of sp³-hybridized carbons (Fsp3) is 0.704. The Kier molecular flexibility index (Phi) is 24.8. The quantitative estimate of drug-likeness (QED) is 0.0551. The molecule has 1 aromatic rings. The maximum Gasteiger partial charge on any atom is 0.412 e. The fourth-order valence-corrected chi connectivity index (χ4v) is 2.84. The number of hydrogen-bond donors (Lipinski definition) is 3. The van der Waals surface area contributed by atoms with Crippen LogP contribution in [0.5, 0.6) is 0 Å². The molecule has 0 heterocycles.